The summed E-state index contributed by atoms with van der Waals surface area (Å²) in [5, 5.41) is 10.3. The van der Waals surface area contributed by atoms with E-state index < -0.39 is 5.97 Å². The Labute approximate surface area is 131 Å². The van der Waals surface area contributed by atoms with Crippen molar-refractivity contribution < 1.29 is 14.3 Å². The summed E-state index contributed by atoms with van der Waals surface area (Å²) in [6.07, 6.45) is 6.83. The van der Waals surface area contributed by atoms with Gasteiger partial charge in [0, 0.05) is 34.5 Å². The molecular weight excluding hydrogens is 292 g/mol. The summed E-state index contributed by atoms with van der Waals surface area (Å²) in [5.74, 6) is -0.954. The van der Waals surface area contributed by atoms with Crippen LogP contribution in [0, 0.1) is 0 Å². The predicted octanol–water partition coefficient (Wildman–Crippen LogP) is 4.19. The molecule has 4 aromatic rings. The lowest BCUT2D eigenvalue weighted by Gasteiger charge is -2.06. The lowest BCUT2D eigenvalue weighted by Crippen LogP contribution is -1.99. The van der Waals surface area contributed by atoms with Crippen LogP contribution in [0.4, 0.5) is 0 Å². The van der Waals surface area contributed by atoms with Crippen molar-refractivity contribution in [3.05, 3.63) is 66.9 Å². The Balaban J connectivity index is 1.93. The van der Waals surface area contributed by atoms with Gasteiger partial charge >= 0.3 is 5.97 Å². The number of rotatable bonds is 3. The van der Waals surface area contributed by atoms with E-state index in [4.69, 9.17) is 4.42 Å². The maximum absolute atomic E-state index is 11.4. The molecule has 0 unspecified atom stereocenters. The molecule has 0 fully saturated rings. The number of aromatic amines is 1. The highest BCUT2D eigenvalue weighted by molar-refractivity contribution is 5.99. The van der Waals surface area contributed by atoms with Crippen molar-refractivity contribution in [2.24, 2.45) is 0 Å². The van der Waals surface area contributed by atoms with Gasteiger partial charge in [0.25, 0.3) is 0 Å². The minimum absolute atomic E-state index is 0.258. The smallest absolute Gasteiger partial charge is 0.336 e. The summed E-state index contributed by atoms with van der Waals surface area (Å²) in [4.78, 5) is 19.0. The molecule has 0 radical (unpaired) electrons. The minimum atomic E-state index is -0.954. The van der Waals surface area contributed by atoms with E-state index in [9.17, 15) is 9.90 Å². The molecule has 0 amide bonds. The average Bonchev–Trinajstić information content (AvgIpc) is 3.23. The number of hydrogen-bond donors (Lipinski definition) is 2. The molecule has 4 rings (SSSR count). The third-order valence-electron chi connectivity index (χ3n) is 3.83. The molecule has 0 aliphatic carbocycles. The van der Waals surface area contributed by atoms with Crippen LogP contribution in [0.15, 0.2) is 65.7 Å². The van der Waals surface area contributed by atoms with E-state index in [-0.39, 0.29) is 5.56 Å². The van der Waals surface area contributed by atoms with Crippen LogP contribution >= 0.6 is 0 Å². The normalized spacial score (nSPS) is 11.0. The van der Waals surface area contributed by atoms with Crippen LogP contribution < -0.4 is 0 Å². The second-order valence-electron chi connectivity index (χ2n) is 5.19. The van der Waals surface area contributed by atoms with Crippen molar-refractivity contribution in [2.75, 3.05) is 0 Å². The Morgan fingerprint density at radius 3 is 2.78 bits per heavy atom. The van der Waals surface area contributed by atoms with Crippen LogP contribution in [0.3, 0.4) is 0 Å². The van der Waals surface area contributed by atoms with Crippen LogP contribution in [0.1, 0.15) is 10.4 Å². The number of pyridine rings is 1. The van der Waals surface area contributed by atoms with E-state index in [1.807, 2.05) is 24.4 Å². The second-order valence-corrected chi connectivity index (χ2v) is 5.19. The van der Waals surface area contributed by atoms with Crippen molar-refractivity contribution in [1.29, 1.82) is 0 Å². The van der Waals surface area contributed by atoms with Gasteiger partial charge in [-0.15, -0.1) is 0 Å². The number of aromatic nitrogens is 2. The zero-order valence-corrected chi connectivity index (χ0v) is 12.0. The first kappa shape index (κ1) is 13.3. The first-order chi connectivity index (χ1) is 11.2. The van der Waals surface area contributed by atoms with Crippen LogP contribution in [0.2, 0.25) is 0 Å². The number of fused-ring (bicyclic) bond motifs is 1. The van der Waals surface area contributed by atoms with Gasteiger partial charge < -0.3 is 14.5 Å². The largest absolute Gasteiger partial charge is 0.478 e. The standard InChI is InChI=1S/C18H12N2O3/c21-18(22)14-4-2-1-3-13(14)12-7-15-16(11-5-6-23-10-11)9-20-17(15)19-8-12/h1-10H,(H,19,20)(H,21,22). The Kier molecular flexibility index (Phi) is 2.98. The van der Waals surface area contributed by atoms with E-state index in [2.05, 4.69) is 9.97 Å². The first-order valence-electron chi connectivity index (χ1n) is 7.06. The van der Waals surface area contributed by atoms with E-state index in [1.54, 1.807) is 36.9 Å². The number of carboxylic acid groups (broad SMARTS) is 1. The fourth-order valence-corrected chi connectivity index (χ4v) is 2.73. The SMILES string of the molecule is O=C(O)c1ccccc1-c1cnc2[nH]cc(-c3ccoc3)c2c1. The van der Waals surface area contributed by atoms with E-state index in [0.717, 1.165) is 27.7 Å². The Hall–Kier alpha value is -3.34. The predicted molar refractivity (Wildman–Crippen MR) is 86.2 cm³/mol. The van der Waals surface area contributed by atoms with Crippen molar-refractivity contribution in [3.63, 3.8) is 0 Å². The van der Waals surface area contributed by atoms with E-state index in [0.29, 0.717) is 5.56 Å². The molecule has 5 heteroatoms. The molecule has 112 valence electrons. The van der Waals surface area contributed by atoms with Gasteiger partial charge in [0.2, 0.25) is 0 Å². The number of carboxylic acids is 1. The molecule has 0 aliphatic heterocycles. The highest BCUT2D eigenvalue weighted by Crippen LogP contribution is 2.32. The molecule has 0 aliphatic rings. The molecule has 1 aromatic carbocycles. The van der Waals surface area contributed by atoms with Crippen molar-refractivity contribution in [2.45, 2.75) is 0 Å². The van der Waals surface area contributed by atoms with Gasteiger partial charge in [-0.1, -0.05) is 18.2 Å². The topological polar surface area (TPSA) is 79.1 Å². The summed E-state index contributed by atoms with van der Waals surface area (Å²) >= 11 is 0. The van der Waals surface area contributed by atoms with Gasteiger partial charge in [-0.3, -0.25) is 0 Å². The monoisotopic (exact) mass is 304 g/mol. The van der Waals surface area contributed by atoms with E-state index in [1.165, 1.54) is 0 Å². The van der Waals surface area contributed by atoms with Crippen molar-refractivity contribution >= 4 is 17.0 Å². The number of H-pyrrole nitrogens is 1. The first-order valence-corrected chi connectivity index (χ1v) is 7.06. The summed E-state index contributed by atoms with van der Waals surface area (Å²) < 4.78 is 5.14. The molecule has 23 heavy (non-hydrogen) atoms. The maximum atomic E-state index is 11.4. The maximum Gasteiger partial charge on any atom is 0.336 e. The van der Waals surface area contributed by atoms with Crippen molar-refractivity contribution in [3.8, 4) is 22.3 Å². The molecule has 5 nitrogen and oxygen atoms in total. The van der Waals surface area contributed by atoms with Gasteiger partial charge in [-0.25, -0.2) is 9.78 Å². The number of nitrogens with one attached hydrogen (secondary N) is 1. The van der Waals surface area contributed by atoms with Crippen LogP contribution in [-0.2, 0) is 0 Å². The number of aromatic carboxylic acids is 1. The van der Waals surface area contributed by atoms with Crippen molar-refractivity contribution in [1.82, 2.24) is 9.97 Å². The second kappa shape index (κ2) is 5.14. The molecule has 0 spiro atoms. The Morgan fingerprint density at radius 1 is 1.13 bits per heavy atom. The summed E-state index contributed by atoms with van der Waals surface area (Å²) in [7, 11) is 0. The molecule has 0 saturated heterocycles. The number of nitrogens with zero attached hydrogens (tertiary/aromatic N) is 1. The molecule has 0 bridgehead atoms. The Morgan fingerprint density at radius 2 is 2.00 bits per heavy atom. The Bertz CT molecular complexity index is 1000. The molecular formula is C18H12N2O3. The summed E-state index contributed by atoms with van der Waals surface area (Å²) in [6.45, 7) is 0. The number of hydrogen-bond acceptors (Lipinski definition) is 3. The number of carbonyl (C=O) groups is 1. The highest BCUT2D eigenvalue weighted by atomic mass is 16.4. The van der Waals surface area contributed by atoms with Gasteiger partial charge in [0.15, 0.2) is 0 Å². The van der Waals surface area contributed by atoms with Crippen LogP contribution in [0.25, 0.3) is 33.3 Å². The molecule has 2 N–H and O–H groups in total. The average molecular weight is 304 g/mol. The van der Waals surface area contributed by atoms with Gasteiger partial charge in [0.05, 0.1) is 18.1 Å². The van der Waals surface area contributed by atoms with Crippen LogP contribution in [-0.4, -0.2) is 21.0 Å². The third-order valence-corrected chi connectivity index (χ3v) is 3.83. The van der Waals surface area contributed by atoms with Gasteiger partial charge in [-0.05, 0) is 23.8 Å². The number of furan rings is 1. The number of benzene rings is 1. The molecule has 0 atom stereocenters. The highest BCUT2D eigenvalue weighted by Gasteiger charge is 2.14. The van der Waals surface area contributed by atoms with Gasteiger partial charge in [0.1, 0.15) is 5.65 Å². The van der Waals surface area contributed by atoms with Gasteiger partial charge in [-0.2, -0.15) is 0 Å². The quantitative estimate of drug-likeness (QED) is 0.595. The zero-order valence-electron chi connectivity index (χ0n) is 12.0. The lowest BCUT2D eigenvalue weighted by atomic mass is 9.99. The molecule has 3 aromatic heterocycles. The minimum Gasteiger partial charge on any atom is -0.478 e. The summed E-state index contributed by atoms with van der Waals surface area (Å²) in [5.41, 5.74) is 4.33. The van der Waals surface area contributed by atoms with E-state index >= 15 is 0 Å². The zero-order chi connectivity index (χ0) is 15.8. The summed E-state index contributed by atoms with van der Waals surface area (Å²) in [6, 6.07) is 10.7. The lowest BCUT2D eigenvalue weighted by molar-refractivity contribution is 0.0697. The third kappa shape index (κ3) is 2.19. The fourth-order valence-electron chi connectivity index (χ4n) is 2.73. The molecule has 3 heterocycles. The fraction of sp³-hybridized carbons (Fsp3) is 0. The molecule has 0 saturated carbocycles. The van der Waals surface area contributed by atoms with Crippen LogP contribution in [0.5, 0.6) is 0 Å².